The topological polar surface area (TPSA) is 15.3 Å². The fourth-order valence-corrected chi connectivity index (χ4v) is 5.02. The van der Waals surface area contributed by atoms with Crippen LogP contribution >= 0.6 is 0 Å². The van der Waals surface area contributed by atoms with E-state index in [4.69, 9.17) is 0 Å². The summed E-state index contributed by atoms with van der Waals surface area (Å²) >= 11 is 0. The lowest BCUT2D eigenvalue weighted by atomic mass is 9.76. The maximum atomic E-state index is 3.84. The molecule has 1 aliphatic heterocycles. The quantitative estimate of drug-likeness (QED) is 0.829. The van der Waals surface area contributed by atoms with Gasteiger partial charge < -0.3 is 5.32 Å². The molecule has 0 aromatic heterocycles. The van der Waals surface area contributed by atoms with Crippen LogP contribution in [0.3, 0.4) is 0 Å². The van der Waals surface area contributed by atoms with E-state index in [2.05, 4.69) is 24.1 Å². The number of hydrogen-bond acceptors (Lipinski definition) is 2. The summed E-state index contributed by atoms with van der Waals surface area (Å²) in [5.74, 6) is 2.79. The van der Waals surface area contributed by atoms with Gasteiger partial charge in [-0.3, -0.25) is 4.90 Å². The molecular formula is C18H34N2. The second-order valence-electron chi connectivity index (χ2n) is 7.79. The first-order valence-electron chi connectivity index (χ1n) is 9.23. The van der Waals surface area contributed by atoms with Gasteiger partial charge in [0.05, 0.1) is 0 Å². The molecule has 3 aliphatic rings. The summed E-state index contributed by atoms with van der Waals surface area (Å²) in [4.78, 5) is 2.86. The van der Waals surface area contributed by atoms with E-state index in [0.717, 1.165) is 29.8 Å². The Morgan fingerprint density at radius 3 is 2.50 bits per heavy atom. The highest BCUT2D eigenvalue weighted by molar-refractivity contribution is 4.91. The normalized spacial score (nSPS) is 41.7. The van der Waals surface area contributed by atoms with Crippen LogP contribution in [-0.2, 0) is 0 Å². The van der Waals surface area contributed by atoms with Crippen LogP contribution in [0, 0.1) is 17.8 Å². The zero-order valence-corrected chi connectivity index (χ0v) is 13.6. The van der Waals surface area contributed by atoms with Crippen LogP contribution in [0.4, 0.5) is 0 Å². The highest BCUT2D eigenvalue weighted by Gasteiger charge is 2.35. The van der Waals surface area contributed by atoms with Gasteiger partial charge in [-0.15, -0.1) is 0 Å². The first-order chi connectivity index (χ1) is 9.75. The van der Waals surface area contributed by atoms with Gasteiger partial charge in [0.25, 0.3) is 0 Å². The maximum absolute atomic E-state index is 3.84. The predicted octanol–water partition coefficient (Wildman–Crippen LogP) is 3.67. The van der Waals surface area contributed by atoms with Crippen molar-refractivity contribution >= 4 is 0 Å². The highest BCUT2D eigenvalue weighted by Crippen LogP contribution is 2.34. The summed E-state index contributed by atoms with van der Waals surface area (Å²) in [5.41, 5.74) is 0. The molecule has 1 N–H and O–H groups in total. The fraction of sp³-hybridized carbons (Fsp3) is 1.00. The van der Waals surface area contributed by atoms with Crippen molar-refractivity contribution in [1.29, 1.82) is 0 Å². The summed E-state index contributed by atoms with van der Waals surface area (Å²) in [5, 5.41) is 3.84. The lowest BCUT2D eigenvalue weighted by Gasteiger charge is -2.47. The van der Waals surface area contributed by atoms with E-state index in [-0.39, 0.29) is 0 Å². The number of piperazine rings is 1. The smallest absolute Gasteiger partial charge is 0.0223 e. The van der Waals surface area contributed by atoms with E-state index in [1.807, 2.05) is 0 Å². The Kier molecular flexibility index (Phi) is 5.04. The maximum Gasteiger partial charge on any atom is 0.0223 e. The van der Waals surface area contributed by atoms with Gasteiger partial charge in [-0.25, -0.2) is 0 Å². The molecule has 2 saturated carbocycles. The van der Waals surface area contributed by atoms with Gasteiger partial charge in [-0.1, -0.05) is 46.0 Å². The average Bonchev–Trinajstić information content (AvgIpc) is 2.51. The summed E-state index contributed by atoms with van der Waals surface area (Å²) in [6, 6.07) is 1.65. The highest BCUT2D eigenvalue weighted by atomic mass is 15.2. The molecule has 1 heterocycles. The molecule has 0 spiro atoms. The molecule has 0 radical (unpaired) electrons. The molecule has 3 fully saturated rings. The van der Waals surface area contributed by atoms with Gasteiger partial charge in [-0.05, 0) is 37.0 Å². The Morgan fingerprint density at radius 1 is 0.900 bits per heavy atom. The van der Waals surface area contributed by atoms with Gasteiger partial charge in [-0.2, -0.15) is 0 Å². The number of nitrogens with zero attached hydrogens (tertiary/aromatic N) is 1. The van der Waals surface area contributed by atoms with E-state index < -0.39 is 0 Å². The zero-order chi connectivity index (χ0) is 13.9. The van der Waals surface area contributed by atoms with Crippen LogP contribution in [0.2, 0.25) is 0 Å². The largest absolute Gasteiger partial charge is 0.311 e. The molecule has 1 saturated heterocycles. The van der Waals surface area contributed by atoms with Crippen LogP contribution in [0.25, 0.3) is 0 Å². The van der Waals surface area contributed by atoms with Crippen molar-refractivity contribution in [2.75, 3.05) is 19.6 Å². The predicted molar refractivity (Wildman–Crippen MR) is 85.9 cm³/mol. The molecule has 3 rings (SSSR count). The summed E-state index contributed by atoms with van der Waals surface area (Å²) in [7, 11) is 0. The minimum atomic E-state index is 0.786. The van der Waals surface area contributed by atoms with Crippen molar-refractivity contribution in [3.05, 3.63) is 0 Å². The second kappa shape index (κ2) is 6.79. The third-order valence-corrected chi connectivity index (χ3v) is 6.59. The molecule has 0 amide bonds. The molecule has 0 aromatic carbocycles. The van der Waals surface area contributed by atoms with Crippen LogP contribution in [0.5, 0.6) is 0 Å². The van der Waals surface area contributed by atoms with E-state index in [9.17, 15) is 0 Å². The molecule has 4 atom stereocenters. The first kappa shape index (κ1) is 14.8. The minimum Gasteiger partial charge on any atom is -0.311 e. The first-order valence-corrected chi connectivity index (χ1v) is 9.23. The molecule has 2 aliphatic carbocycles. The third-order valence-electron chi connectivity index (χ3n) is 6.59. The molecule has 0 aromatic rings. The van der Waals surface area contributed by atoms with Crippen molar-refractivity contribution in [2.45, 2.75) is 77.3 Å². The standard InChI is InChI=1S/C18H34N2/c1-14-7-6-10-18(15(14)2)20-12-11-19-17(13-20)16-8-4-3-5-9-16/h14-19H,3-13H2,1-2H3. The van der Waals surface area contributed by atoms with E-state index in [1.54, 1.807) is 0 Å². The van der Waals surface area contributed by atoms with E-state index in [1.165, 1.54) is 71.0 Å². The van der Waals surface area contributed by atoms with Gasteiger partial charge >= 0.3 is 0 Å². The van der Waals surface area contributed by atoms with Gasteiger partial charge in [0, 0.05) is 31.7 Å². The Labute approximate surface area is 125 Å². The molecule has 116 valence electrons. The summed E-state index contributed by atoms with van der Waals surface area (Å²) < 4.78 is 0. The van der Waals surface area contributed by atoms with Crippen molar-refractivity contribution < 1.29 is 0 Å². The number of nitrogens with one attached hydrogen (secondary N) is 1. The Hall–Kier alpha value is -0.0800. The Bertz CT molecular complexity index is 298. The lowest BCUT2D eigenvalue weighted by molar-refractivity contribution is 0.0435. The minimum absolute atomic E-state index is 0.786. The lowest BCUT2D eigenvalue weighted by Crippen LogP contribution is -2.58. The van der Waals surface area contributed by atoms with Gasteiger partial charge in [0.2, 0.25) is 0 Å². The van der Waals surface area contributed by atoms with Crippen LogP contribution in [-0.4, -0.2) is 36.6 Å². The number of hydrogen-bond donors (Lipinski definition) is 1. The molecule has 2 nitrogen and oxygen atoms in total. The van der Waals surface area contributed by atoms with E-state index in [0.29, 0.717) is 0 Å². The third kappa shape index (κ3) is 3.22. The van der Waals surface area contributed by atoms with Crippen molar-refractivity contribution in [3.63, 3.8) is 0 Å². The Morgan fingerprint density at radius 2 is 1.70 bits per heavy atom. The van der Waals surface area contributed by atoms with Crippen molar-refractivity contribution in [3.8, 4) is 0 Å². The van der Waals surface area contributed by atoms with Crippen LogP contribution < -0.4 is 5.32 Å². The molecular weight excluding hydrogens is 244 g/mol. The van der Waals surface area contributed by atoms with Gasteiger partial charge in [0.1, 0.15) is 0 Å². The van der Waals surface area contributed by atoms with Crippen LogP contribution in [0.1, 0.15) is 65.2 Å². The van der Waals surface area contributed by atoms with Gasteiger partial charge in [0.15, 0.2) is 0 Å². The average molecular weight is 278 g/mol. The SMILES string of the molecule is CC1CCCC(N2CCNC(C3CCCCC3)C2)C1C. The van der Waals surface area contributed by atoms with Crippen molar-refractivity contribution in [2.24, 2.45) is 17.8 Å². The van der Waals surface area contributed by atoms with E-state index >= 15 is 0 Å². The van der Waals surface area contributed by atoms with Crippen LogP contribution in [0.15, 0.2) is 0 Å². The summed E-state index contributed by atoms with van der Waals surface area (Å²) in [6.07, 6.45) is 11.7. The second-order valence-corrected chi connectivity index (χ2v) is 7.79. The monoisotopic (exact) mass is 278 g/mol. The zero-order valence-electron chi connectivity index (χ0n) is 13.6. The van der Waals surface area contributed by atoms with Crippen molar-refractivity contribution in [1.82, 2.24) is 10.2 Å². The summed E-state index contributed by atoms with van der Waals surface area (Å²) in [6.45, 7) is 8.81. The molecule has 0 bridgehead atoms. The molecule has 20 heavy (non-hydrogen) atoms. The Balaban J connectivity index is 1.59. The molecule has 2 heteroatoms. The number of rotatable bonds is 2. The fourth-order valence-electron chi connectivity index (χ4n) is 5.02. The molecule has 4 unspecified atom stereocenters.